The Morgan fingerprint density at radius 2 is 1.81 bits per heavy atom. The number of aliphatic hydroxyl groups is 1. The minimum absolute atomic E-state index is 0.0810. The summed E-state index contributed by atoms with van der Waals surface area (Å²) in [5.74, 6) is -9.17. The number of rotatable bonds is 7. The van der Waals surface area contributed by atoms with E-state index in [2.05, 4.69) is 0 Å². The van der Waals surface area contributed by atoms with Crippen molar-refractivity contribution < 1.29 is 33.8 Å². The van der Waals surface area contributed by atoms with E-state index in [4.69, 9.17) is 10.5 Å². The van der Waals surface area contributed by atoms with Crippen LogP contribution in [-0.4, -0.2) is 85.5 Å². The van der Waals surface area contributed by atoms with Gasteiger partial charge in [0, 0.05) is 25.7 Å². The Morgan fingerprint density at radius 3 is 2.38 bits per heavy atom. The standard InChI is InChI=1S/C27H35N3O7/c1-6-7-10-37-17-9-8-16(29(2)3)14-11-13-12-15-21(30(4)5)23(32)20(26(28)35)25(34)27(15,36)24(33)18(13)22(31)19(14)17/h8-9,13,15,18,20-21,36H,6-7,10-12H2,1-5H3,(H2,28,35). The Morgan fingerprint density at radius 1 is 1.14 bits per heavy atom. The van der Waals surface area contributed by atoms with Gasteiger partial charge in [-0.25, -0.2) is 0 Å². The fourth-order valence-corrected chi connectivity index (χ4v) is 6.44. The number of nitrogens with two attached hydrogens (primary N) is 1. The molecule has 0 radical (unpaired) electrons. The first-order chi connectivity index (χ1) is 17.4. The number of ether oxygens (including phenoxy) is 1. The molecule has 3 aliphatic carbocycles. The monoisotopic (exact) mass is 513 g/mol. The average Bonchev–Trinajstić information content (AvgIpc) is 2.81. The number of fused-ring (bicyclic) bond motifs is 3. The van der Waals surface area contributed by atoms with Gasteiger partial charge < -0.3 is 20.5 Å². The molecule has 1 amide bonds. The van der Waals surface area contributed by atoms with Crippen LogP contribution in [0.15, 0.2) is 12.1 Å². The SMILES string of the molecule is CCCCOc1ccc(N(C)C)c2c1C(=O)C1C(=O)C3(O)C(=O)C(C(N)=O)C(=O)C(N(C)C)C3CC1C2. The van der Waals surface area contributed by atoms with Crippen LogP contribution in [0, 0.1) is 23.7 Å². The van der Waals surface area contributed by atoms with E-state index in [1.54, 1.807) is 20.2 Å². The maximum Gasteiger partial charge on any atom is 0.235 e. The van der Waals surface area contributed by atoms with Gasteiger partial charge in [0.1, 0.15) is 5.75 Å². The van der Waals surface area contributed by atoms with E-state index in [0.29, 0.717) is 18.8 Å². The zero-order chi connectivity index (χ0) is 27.4. The third kappa shape index (κ3) is 3.97. The lowest BCUT2D eigenvalue weighted by molar-refractivity contribution is -0.181. The summed E-state index contributed by atoms with van der Waals surface area (Å²) in [6.07, 6.45) is 2.11. The Hall–Kier alpha value is -3.11. The summed E-state index contributed by atoms with van der Waals surface area (Å²) in [5, 5.41) is 11.7. The van der Waals surface area contributed by atoms with Gasteiger partial charge in [0.15, 0.2) is 34.7 Å². The number of primary amides is 1. The van der Waals surface area contributed by atoms with Crippen molar-refractivity contribution in [1.82, 2.24) is 4.90 Å². The molecule has 0 aliphatic heterocycles. The highest BCUT2D eigenvalue weighted by Crippen LogP contribution is 2.51. The van der Waals surface area contributed by atoms with Crippen LogP contribution in [0.3, 0.4) is 0 Å². The summed E-state index contributed by atoms with van der Waals surface area (Å²) in [7, 11) is 6.88. The molecule has 3 aliphatic rings. The summed E-state index contributed by atoms with van der Waals surface area (Å²) >= 11 is 0. The summed E-state index contributed by atoms with van der Waals surface area (Å²) in [4.78, 5) is 70.0. The third-order valence-electron chi connectivity index (χ3n) is 8.14. The molecule has 2 fully saturated rings. The number of likely N-dealkylation sites (N-methyl/N-ethyl adjacent to an activating group) is 1. The molecule has 2 saturated carbocycles. The van der Waals surface area contributed by atoms with Gasteiger partial charge in [0.05, 0.1) is 24.1 Å². The largest absolute Gasteiger partial charge is 0.493 e. The van der Waals surface area contributed by atoms with Crippen molar-refractivity contribution in [3.63, 3.8) is 0 Å². The molecule has 0 spiro atoms. The van der Waals surface area contributed by atoms with Crippen molar-refractivity contribution in [2.75, 3.05) is 39.7 Å². The molecule has 0 heterocycles. The lowest BCUT2D eigenvalue weighted by Gasteiger charge is -2.52. The number of hydrogen-bond donors (Lipinski definition) is 2. The topological polar surface area (TPSA) is 147 Å². The van der Waals surface area contributed by atoms with Crippen LogP contribution < -0.4 is 15.4 Å². The minimum Gasteiger partial charge on any atom is -0.493 e. The van der Waals surface area contributed by atoms with E-state index >= 15 is 0 Å². The van der Waals surface area contributed by atoms with Crippen molar-refractivity contribution in [2.24, 2.45) is 29.4 Å². The molecule has 6 unspecified atom stereocenters. The normalized spacial score (nSPS) is 31.1. The first-order valence-corrected chi connectivity index (χ1v) is 12.7. The number of amides is 1. The molecule has 1 aromatic carbocycles. The molecular weight excluding hydrogens is 478 g/mol. The second-order valence-corrected chi connectivity index (χ2v) is 10.8. The van der Waals surface area contributed by atoms with E-state index < -0.39 is 64.4 Å². The van der Waals surface area contributed by atoms with Crippen molar-refractivity contribution in [1.29, 1.82) is 0 Å². The lowest BCUT2D eigenvalue weighted by Crippen LogP contribution is -2.74. The molecule has 0 saturated heterocycles. The number of hydrogen-bond acceptors (Lipinski definition) is 9. The second-order valence-electron chi connectivity index (χ2n) is 10.8. The van der Waals surface area contributed by atoms with Crippen molar-refractivity contribution in [3.05, 3.63) is 23.3 Å². The molecule has 1 aromatic rings. The van der Waals surface area contributed by atoms with Gasteiger partial charge in [-0.15, -0.1) is 0 Å². The summed E-state index contributed by atoms with van der Waals surface area (Å²) in [6.45, 7) is 2.42. The maximum atomic E-state index is 14.0. The Kier molecular flexibility index (Phi) is 7.02. The number of carbonyl (C=O) groups is 5. The molecule has 0 aromatic heterocycles. The van der Waals surface area contributed by atoms with E-state index in [9.17, 15) is 29.1 Å². The van der Waals surface area contributed by atoms with E-state index in [1.807, 2.05) is 32.0 Å². The van der Waals surface area contributed by atoms with Crippen LogP contribution in [0.1, 0.15) is 42.1 Å². The summed E-state index contributed by atoms with van der Waals surface area (Å²) in [6, 6.07) is 2.50. The van der Waals surface area contributed by atoms with E-state index in [-0.39, 0.29) is 12.0 Å². The van der Waals surface area contributed by atoms with Crippen LogP contribution in [-0.2, 0) is 25.6 Å². The summed E-state index contributed by atoms with van der Waals surface area (Å²) in [5.41, 5.74) is 4.55. The smallest absolute Gasteiger partial charge is 0.235 e. The number of nitrogens with zero attached hydrogens (tertiary/aromatic N) is 2. The molecular formula is C27H35N3O7. The first kappa shape index (κ1) is 26.9. The molecule has 10 heteroatoms. The fraction of sp³-hybridized carbons (Fsp3) is 0.593. The van der Waals surface area contributed by atoms with Gasteiger partial charge in [-0.05, 0) is 57.0 Å². The first-order valence-electron chi connectivity index (χ1n) is 12.7. The summed E-state index contributed by atoms with van der Waals surface area (Å²) < 4.78 is 5.94. The Labute approximate surface area is 216 Å². The van der Waals surface area contributed by atoms with E-state index in [1.165, 1.54) is 4.90 Å². The Bertz CT molecular complexity index is 1180. The number of anilines is 1. The van der Waals surface area contributed by atoms with Crippen molar-refractivity contribution in [2.45, 2.75) is 44.2 Å². The predicted octanol–water partition coefficient (Wildman–Crippen LogP) is 0.406. The zero-order valence-electron chi connectivity index (χ0n) is 21.9. The minimum atomic E-state index is -2.67. The van der Waals surface area contributed by atoms with Gasteiger partial charge >= 0.3 is 0 Å². The number of benzene rings is 1. The van der Waals surface area contributed by atoms with Gasteiger partial charge in [-0.2, -0.15) is 0 Å². The van der Waals surface area contributed by atoms with Gasteiger partial charge in [-0.3, -0.25) is 28.9 Å². The van der Waals surface area contributed by atoms with Crippen LogP contribution in [0.2, 0.25) is 0 Å². The van der Waals surface area contributed by atoms with Crippen LogP contribution in [0.4, 0.5) is 5.69 Å². The zero-order valence-corrected chi connectivity index (χ0v) is 21.9. The van der Waals surface area contributed by atoms with E-state index in [0.717, 1.165) is 24.1 Å². The number of carbonyl (C=O) groups excluding carboxylic acids is 5. The van der Waals surface area contributed by atoms with Crippen molar-refractivity contribution >= 4 is 34.7 Å². The van der Waals surface area contributed by atoms with Crippen molar-refractivity contribution in [3.8, 4) is 5.75 Å². The highest BCUT2D eigenvalue weighted by molar-refractivity contribution is 6.32. The molecule has 4 rings (SSSR count). The number of Topliss-reactive ketones (excluding diaryl/α,β-unsaturated/α-hetero) is 4. The molecule has 37 heavy (non-hydrogen) atoms. The van der Waals surface area contributed by atoms with Crippen LogP contribution >= 0.6 is 0 Å². The maximum absolute atomic E-state index is 14.0. The second kappa shape index (κ2) is 9.64. The molecule has 200 valence electrons. The highest BCUT2D eigenvalue weighted by Gasteiger charge is 2.69. The molecule has 0 bridgehead atoms. The van der Waals surface area contributed by atoms with Gasteiger partial charge in [0.25, 0.3) is 0 Å². The van der Waals surface area contributed by atoms with Crippen LogP contribution in [0.5, 0.6) is 5.75 Å². The van der Waals surface area contributed by atoms with Crippen LogP contribution in [0.25, 0.3) is 0 Å². The van der Waals surface area contributed by atoms with Gasteiger partial charge in [-0.1, -0.05) is 13.3 Å². The van der Waals surface area contributed by atoms with Gasteiger partial charge in [0.2, 0.25) is 5.91 Å². The third-order valence-corrected chi connectivity index (χ3v) is 8.14. The predicted molar refractivity (Wildman–Crippen MR) is 134 cm³/mol. The lowest BCUT2D eigenvalue weighted by atomic mass is 9.52. The number of unbranched alkanes of at least 4 members (excludes halogenated alkanes) is 1. The molecule has 3 N–H and O–H groups in total. The molecule has 10 nitrogen and oxygen atoms in total. The quantitative estimate of drug-likeness (QED) is 0.391. The fourth-order valence-electron chi connectivity index (χ4n) is 6.44. The highest BCUT2D eigenvalue weighted by atomic mass is 16.5. The molecule has 6 atom stereocenters. The number of ketones is 4. The average molecular weight is 514 g/mol. The Balaban J connectivity index is 1.85.